The van der Waals surface area contributed by atoms with Crippen LogP contribution in [-0.4, -0.2) is 64.7 Å². The third kappa shape index (κ3) is 3.89. The van der Waals surface area contributed by atoms with Gasteiger partial charge in [-0.15, -0.1) is 0 Å². The number of piperidine rings is 1. The Labute approximate surface area is 173 Å². The van der Waals surface area contributed by atoms with Gasteiger partial charge in [-0.1, -0.05) is 30.3 Å². The second-order valence-electron chi connectivity index (χ2n) is 8.47. The average molecular weight is 390 g/mol. The van der Waals surface area contributed by atoms with Crippen LogP contribution in [0, 0.1) is 0 Å². The van der Waals surface area contributed by atoms with E-state index in [1.54, 1.807) is 0 Å². The number of piperazine rings is 1. The van der Waals surface area contributed by atoms with Gasteiger partial charge in [0.15, 0.2) is 0 Å². The van der Waals surface area contributed by atoms with Gasteiger partial charge in [-0.05, 0) is 43.7 Å². The van der Waals surface area contributed by atoms with Crippen LogP contribution in [0.1, 0.15) is 18.7 Å². The largest absolute Gasteiger partial charge is 0.369 e. The Morgan fingerprint density at radius 3 is 2.45 bits per heavy atom. The highest BCUT2D eigenvalue weighted by Crippen LogP contribution is 2.22. The smallest absolute Gasteiger partial charge is 0.123 e. The van der Waals surface area contributed by atoms with Crippen molar-refractivity contribution >= 4 is 16.7 Å². The Morgan fingerprint density at radius 1 is 0.897 bits per heavy atom. The van der Waals surface area contributed by atoms with Crippen molar-refractivity contribution < 1.29 is 0 Å². The van der Waals surface area contributed by atoms with Crippen molar-refractivity contribution in [1.82, 2.24) is 19.4 Å². The lowest BCUT2D eigenvalue weighted by Crippen LogP contribution is -2.55. The molecule has 0 bridgehead atoms. The van der Waals surface area contributed by atoms with Crippen molar-refractivity contribution in [1.29, 1.82) is 0 Å². The zero-order valence-electron chi connectivity index (χ0n) is 17.4. The molecule has 5 rings (SSSR count). The second kappa shape index (κ2) is 8.17. The second-order valence-corrected chi connectivity index (χ2v) is 8.47. The lowest BCUT2D eigenvalue weighted by Gasteiger charge is -2.44. The lowest BCUT2D eigenvalue weighted by atomic mass is 10.0. The molecule has 5 heteroatoms. The first-order chi connectivity index (χ1) is 14.3. The Kier molecular flexibility index (Phi) is 5.25. The number of fused-ring (bicyclic) bond motifs is 1. The van der Waals surface area contributed by atoms with E-state index in [0.717, 1.165) is 31.7 Å². The Bertz CT molecular complexity index is 942. The number of hydrogen-bond donors (Lipinski definition) is 0. The topological polar surface area (TPSA) is 27.5 Å². The Hall–Kier alpha value is -2.37. The van der Waals surface area contributed by atoms with Crippen molar-refractivity contribution in [3.8, 4) is 0 Å². The molecule has 5 nitrogen and oxygen atoms in total. The molecule has 0 radical (unpaired) electrons. The van der Waals surface area contributed by atoms with Crippen LogP contribution in [0.2, 0.25) is 0 Å². The molecule has 2 aliphatic heterocycles. The fourth-order valence-corrected chi connectivity index (χ4v) is 4.99. The number of para-hydroxylation sites is 3. The van der Waals surface area contributed by atoms with Gasteiger partial charge in [0.05, 0.1) is 17.6 Å². The van der Waals surface area contributed by atoms with Gasteiger partial charge in [-0.3, -0.25) is 9.80 Å². The van der Waals surface area contributed by atoms with Crippen molar-refractivity contribution in [2.45, 2.75) is 25.4 Å². The summed E-state index contributed by atoms with van der Waals surface area (Å²) in [5, 5.41) is 0. The van der Waals surface area contributed by atoms with Gasteiger partial charge >= 0.3 is 0 Å². The first kappa shape index (κ1) is 18.6. The van der Waals surface area contributed by atoms with Crippen LogP contribution >= 0.6 is 0 Å². The summed E-state index contributed by atoms with van der Waals surface area (Å²) >= 11 is 0. The molecule has 3 heterocycles. The molecule has 2 aliphatic rings. The summed E-state index contributed by atoms with van der Waals surface area (Å²) in [7, 11) is 2.15. The van der Waals surface area contributed by atoms with Gasteiger partial charge in [-0.2, -0.15) is 0 Å². The first-order valence-electron chi connectivity index (χ1n) is 10.9. The molecule has 0 N–H and O–H groups in total. The molecule has 2 aromatic carbocycles. The highest BCUT2D eigenvalue weighted by atomic mass is 15.3. The highest BCUT2D eigenvalue weighted by Gasteiger charge is 2.28. The number of rotatable bonds is 4. The van der Waals surface area contributed by atoms with Crippen LogP contribution in [0.3, 0.4) is 0 Å². The molecule has 1 aromatic heterocycles. The maximum atomic E-state index is 4.89. The van der Waals surface area contributed by atoms with E-state index in [1.165, 1.54) is 49.5 Å². The van der Waals surface area contributed by atoms with Crippen LogP contribution in [0.5, 0.6) is 0 Å². The van der Waals surface area contributed by atoms with E-state index >= 15 is 0 Å². The van der Waals surface area contributed by atoms with Gasteiger partial charge in [-0.25, -0.2) is 4.98 Å². The maximum absolute atomic E-state index is 4.89. The lowest BCUT2D eigenvalue weighted by molar-refractivity contribution is 0.0870. The number of imidazole rings is 1. The predicted molar refractivity (Wildman–Crippen MR) is 119 cm³/mol. The summed E-state index contributed by atoms with van der Waals surface area (Å²) in [6.07, 6.45) is 2.61. The van der Waals surface area contributed by atoms with Crippen molar-refractivity contribution in [2.24, 2.45) is 7.05 Å². The zero-order valence-corrected chi connectivity index (χ0v) is 17.4. The number of nitrogens with zero attached hydrogens (tertiary/aromatic N) is 5. The van der Waals surface area contributed by atoms with Gasteiger partial charge < -0.3 is 9.47 Å². The molecule has 0 amide bonds. The summed E-state index contributed by atoms with van der Waals surface area (Å²) in [6.45, 7) is 7.89. The summed E-state index contributed by atoms with van der Waals surface area (Å²) in [5.41, 5.74) is 3.70. The molecular weight excluding hydrogens is 358 g/mol. The first-order valence-corrected chi connectivity index (χ1v) is 10.9. The number of aromatic nitrogens is 2. The number of aryl methyl sites for hydroxylation is 1. The van der Waals surface area contributed by atoms with Crippen LogP contribution in [0.4, 0.5) is 5.69 Å². The van der Waals surface area contributed by atoms with Crippen molar-refractivity contribution in [3.63, 3.8) is 0 Å². The fraction of sp³-hybridized carbons (Fsp3) is 0.458. The highest BCUT2D eigenvalue weighted by molar-refractivity contribution is 5.75. The average Bonchev–Trinajstić information content (AvgIpc) is 3.10. The molecule has 152 valence electrons. The van der Waals surface area contributed by atoms with Crippen molar-refractivity contribution in [3.05, 3.63) is 60.4 Å². The Morgan fingerprint density at radius 2 is 1.66 bits per heavy atom. The molecule has 1 unspecified atom stereocenters. The predicted octanol–water partition coefficient (Wildman–Crippen LogP) is 3.36. The molecule has 0 saturated carbocycles. The molecule has 2 saturated heterocycles. The number of likely N-dealkylation sites (tertiary alicyclic amines) is 1. The van der Waals surface area contributed by atoms with Crippen LogP contribution < -0.4 is 4.90 Å². The summed E-state index contributed by atoms with van der Waals surface area (Å²) in [5.74, 6) is 1.18. The molecule has 3 aromatic rings. The third-order valence-electron chi connectivity index (χ3n) is 6.68. The van der Waals surface area contributed by atoms with Gasteiger partial charge in [0, 0.05) is 51.5 Å². The summed E-state index contributed by atoms with van der Waals surface area (Å²) in [6, 6.07) is 20.0. The van der Waals surface area contributed by atoms with Gasteiger partial charge in [0.2, 0.25) is 0 Å². The number of anilines is 1. The minimum atomic E-state index is 0.677. The van der Waals surface area contributed by atoms with Gasteiger partial charge in [0.25, 0.3) is 0 Å². The molecule has 1 atom stereocenters. The number of benzene rings is 2. The van der Waals surface area contributed by atoms with Crippen LogP contribution in [-0.2, 0) is 13.6 Å². The zero-order chi connectivity index (χ0) is 19.6. The van der Waals surface area contributed by atoms with E-state index in [-0.39, 0.29) is 0 Å². The number of hydrogen-bond acceptors (Lipinski definition) is 4. The monoisotopic (exact) mass is 389 g/mol. The van der Waals surface area contributed by atoms with E-state index < -0.39 is 0 Å². The summed E-state index contributed by atoms with van der Waals surface area (Å²) < 4.78 is 2.26. The standard InChI is InChI=1S/C24H31N5/c1-26-23-12-6-5-11-22(23)25-24(26)19-27-13-7-10-21(18-27)29-16-14-28(15-17-29)20-8-3-2-4-9-20/h2-6,8-9,11-12,21H,7,10,13-19H2,1H3. The Balaban J connectivity index is 1.20. The molecule has 0 aliphatic carbocycles. The van der Waals surface area contributed by atoms with E-state index in [9.17, 15) is 0 Å². The maximum Gasteiger partial charge on any atom is 0.123 e. The van der Waals surface area contributed by atoms with Crippen LogP contribution in [0.25, 0.3) is 11.0 Å². The molecule has 29 heavy (non-hydrogen) atoms. The minimum Gasteiger partial charge on any atom is -0.369 e. The minimum absolute atomic E-state index is 0.677. The summed E-state index contributed by atoms with van der Waals surface area (Å²) in [4.78, 5) is 12.7. The third-order valence-corrected chi connectivity index (χ3v) is 6.68. The quantitative estimate of drug-likeness (QED) is 0.684. The van der Waals surface area contributed by atoms with E-state index in [2.05, 4.69) is 80.9 Å². The van der Waals surface area contributed by atoms with E-state index in [4.69, 9.17) is 4.98 Å². The van der Waals surface area contributed by atoms with E-state index in [1.807, 2.05) is 0 Å². The molecule has 0 spiro atoms. The normalized spacial score (nSPS) is 21.7. The fourth-order valence-electron chi connectivity index (χ4n) is 4.99. The van der Waals surface area contributed by atoms with E-state index in [0.29, 0.717) is 6.04 Å². The van der Waals surface area contributed by atoms with Gasteiger partial charge in [0.1, 0.15) is 5.82 Å². The van der Waals surface area contributed by atoms with Crippen molar-refractivity contribution in [2.75, 3.05) is 44.2 Å². The van der Waals surface area contributed by atoms with Crippen LogP contribution in [0.15, 0.2) is 54.6 Å². The SMILES string of the molecule is Cn1c(CN2CCCC(N3CCN(c4ccccc4)CC3)C2)nc2ccccc21. The molecule has 2 fully saturated rings. The molecular formula is C24H31N5.